The maximum absolute atomic E-state index is 4.34. The predicted octanol–water partition coefficient (Wildman–Crippen LogP) is 2.63. The molecule has 0 amide bonds. The Morgan fingerprint density at radius 3 is 2.62 bits per heavy atom. The number of nitrogens with one attached hydrogen (secondary N) is 2. The third-order valence-corrected chi connectivity index (χ3v) is 4.69. The lowest BCUT2D eigenvalue weighted by Gasteiger charge is -2.24. The summed E-state index contributed by atoms with van der Waals surface area (Å²) in [5.74, 6) is 2.12. The number of nitrogens with zero attached hydrogens (tertiary/aromatic N) is 4. The second kappa shape index (κ2) is 8.47. The lowest BCUT2D eigenvalue weighted by Crippen LogP contribution is -2.44. The molecule has 2 atom stereocenters. The number of fused-ring (bicyclic) bond motifs is 1. The molecule has 1 aromatic carbocycles. The summed E-state index contributed by atoms with van der Waals surface area (Å²) in [5.41, 5.74) is 2.19. The van der Waals surface area contributed by atoms with Crippen molar-refractivity contribution in [3.8, 4) is 0 Å². The van der Waals surface area contributed by atoms with Crippen LogP contribution >= 0.6 is 0 Å². The first kappa shape index (κ1) is 17.9. The number of pyridine rings is 1. The molecular weight excluding hydrogens is 324 g/mol. The van der Waals surface area contributed by atoms with Crippen molar-refractivity contribution < 1.29 is 0 Å². The highest BCUT2D eigenvalue weighted by molar-refractivity contribution is 5.80. The first-order valence-electron chi connectivity index (χ1n) is 9.00. The predicted molar refractivity (Wildman–Crippen MR) is 106 cm³/mol. The third-order valence-electron chi connectivity index (χ3n) is 4.69. The van der Waals surface area contributed by atoms with Crippen molar-refractivity contribution in [2.45, 2.75) is 32.2 Å². The van der Waals surface area contributed by atoms with E-state index in [4.69, 9.17) is 0 Å². The first-order chi connectivity index (χ1) is 12.7. The zero-order chi connectivity index (χ0) is 18.4. The van der Waals surface area contributed by atoms with Gasteiger partial charge in [0.25, 0.3) is 0 Å². The standard InChI is InChI=1S/C20H26N6/c1-15(17-9-5-4-6-10-17)16(2)23-20(21-3)22-13-12-19-25-24-18-11-7-8-14-26(18)19/h4-11,14-16H,12-13H2,1-3H3,(H2,21,22,23). The highest BCUT2D eigenvalue weighted by Crippen LogP contribution is 2.18. The van der Waals surface area contributed by atoms with E-state index in [9.17, 15) is 0 Å². The molecule has 3 rings (SSSR count). The zero-order valence-electron chi connectivity index (χ0n) is 15.6. The van der Waals surface area contributed by atoms with Gasteiger partial charge in [0.15, 0.2) is 11.6 Å². The molecule has 0 aliphatic heterocycles. The van der Waals surface area contributed by atoms with Crippen molar-refractivity contribution in [2.75, 3.05) is 13.6 Å². The lowest BCUT2D eigenvalue weighted by molar-refractivity contribution is 0.550. The minimum Gasteiger partial charge on any atom is -0.356 e. The quantitative estimate of drug-likeness (QED) is 0.530. The van der Waals surface area contributed by atoms with Crippen molar-refractivity contribution in [2.24, 2.45) is 4.99 Å². The number of aliphatic imine (C=N–C) groups is 1. The van der Waals surface area contributed by atoms with Gasteiger partial charge in [-0.25, -0.2) is 0 Å². The van der Waals surface area contributed by atoms with Crippen molar-refractivity contribution >= 4 is 11.6 Å². The fourth-order valence-electron chi connectivity index (χ4n) is 2.93. The molecule has 2 heterocycles. The Morgan fingerprint density at radius 2 is 1.85 bits per heavy atom. The number of hydrogen-bond acceptors (Lipinski definition) is 3. The summed E-state index contributed by atoms with van der Waals surface area (Å²) >= 11 is 0. The Hall–Kier alpha value is -2.89. The van der Waals surface area contributed by atoms with E-state index in [1.165, 1.54) is 5.56 Å². The monoisotopic (exact) mass is 350 g/mol. The van der Waals surface area contributed by atoms with Crippen LogP contribution in [-0.4, -0.2) is 40.2 Å². The van der Waals surface area contributed by atoms with E-state index < -0.39 is 0 Å². The Kier molecular flexibility index (Phi) is 5.84. The van der Waals surface area contributed by atoms with E-state index in [1.807, 2.05) is 34.9 Å². The average molecular weight is 350 g/mol. The highest BCUT2D eigenvalue weighted by atomic mass is 15.2. The van der Waals surface area contributed by atoms with Gasteiger partial charge in [0.05, 0.1) is 0 Å². The summed E-state index contributed by atoms with van der Waals surface area (Å²) in [4.78, 5) is 4.34. The SMILES string of the molecule is CN=C(NCCc1nnc2ccccn12)NC(C)C(C)c1ccccc1. The summed E-state index contributed by atoms with van der Waals surface area (Å²) < 4.78 is 2.01. The van der Waals surface area contributed by atoms with Crippen LogP contribution in [0.2, 0.25) is 0 Å². The number of benzene rings is 1. The molecule has 0 aliphatic rings. The van der Waals surface area contributed by atoms with Gasteiger partial charge < -0.3 is 10.6 Å². The lowest BCUT2D eigenvalue weighted by atomic mass is 9.94. The summed E-state index contributed by atoms with van der Waals surface area (Å²) in [5, 5.41) is 15.3. The van der Waals surface area contributed by atoms with E-state index >= 15 is 0 Å². The molecule has 26 heavy (non-hydrogen) atoms. The molecule has 0 spiro atoms. The van der Waals surface area contributed by atoms with Crippen LogP contribution in [0.5, 0.6) is 0 Å². The van der Waals surface area contributed by atoms with Gasteiger partial charge in [-0.15, -0.1) is 10.2 Å². The molecule has 0 fully saturated rings. The van der Waals surface area contributed by atoms with Crippen LogP contribution in [0.25, 0.3) is 5.65 Å². The fraction of sp³-hybridized carbons (Fsp3) is 0.350. The van der Waals surface area contributed by atoms with Crippen molar-refractivity contribution in [1.82, 2.24) is 25.2 Å². The Morgan fingerprint density at radius 1 is 1.08 bits per heavy atom. The largest absolute Gasteiger partial charge is 0.356 e. The molecule has 0 radical (unpaired) electrons. The second-order valence-electron chi connectivity index (χ2n) is 6.43. The van der Waals surface area contributed by atoms with Crippen LogP contribution in [0.15, 0.2) is 59.7 Å². The van der Waals surface area contributed by atoms with Crippen molar-refractivity contribution in [3.05, 3.63) is 66.1 Å². The van der Waals surface area contributed by atoms with Crippen molar-refractivity contribution in [3.63, 3.8) is 0 Å². The second-order valence-corrected chi connectivity index (χ2v) is 6.43. The van der Waals surface area contributed by atoms with E-state index in [0.717, 1.165) is 30.4 Å². The van der Waals surface area contributed by atoms with E-state index in [1.54, 1.807) is 7.05 Å². The fourth-order valence-corrected chi connectivity index (χ4v) is 2.93. The Balaban J connectivity index is 1.53. The number of rotatable bonds is 6. The topological polar surface area (TPSA) is 66.6 Å². The molecule has 2 unspecified atom stereocenters. The van der Waals surface area contributed by atoms with E-state index in [-0.39, 0.29) is 6.04 Å². The molecule has 6 heteroatoms. The van der Waals surface area contributed by atoms with Gasteiger partial charge in [0, 0.05) is 38.2 Å². The van der Waals surface area contributed by atoms with Crippen molar-refractivity contribution in [1.29, 1.82) is 0 Å². The molecule has 2 N–H and O–H groups in total. The minimum atomic E-state index is 0.262. The summed E-state index contributed by atoms with van der Waals surface area (Å²) in [6.45, 7) is 5.14. The summed E-state index contributed by atoms with van der Waals surface area (Å²) in [6.07, 6.45) is 2.76. The Labute approximate surface area is 154 Å². The third kappa shape index (κ3) is 4.20. The highest BCUT2D eigenvalue weighted by Gasteiger charge is 2.15. The van der Waals surface area contributed by atoms with Gasteiger partial charge in [-0.1, -0.05) is 43.3 Å². The summed E-state index contributed by atoms with van der Waals surface area (Å²) in [7, 11) is 1.79. The normalized spacial score (nSPS) is 14.2. The average Bonchev–Trinajstić information content (AvgIpc) is 3.10. The Bertz CT molecular complexity index is 855. The summed E-state index contributed by atoms with van der Waals surface area (Å²) in [6, 6.07) is 16.7. The molecular formula is C20H26N6. The van der Waals surface area contributed by atoms with Gasteiger partial charge in [0.1, 0.15) is 5.82 Å². The van der Waals surface area contributed by atoms with Gasteiger partial charge in [-0.2, -0.15) is 0 Å². The van der Waals surface area contributed by atoms with Crippen LogP contribution in [-0.2, 0) is 6.42 Å². The first-order valence-corrected chi connectivity index (χ1v) is 9.00. The minimum absolute atomic E-state index is 0.262. The number of hydrogen-bond donors (Lipinski definition) is 2. The number of aromatic nitrogens is 3. The smallest absolute Gasteiger partial charge is 0.191 e. The van der Waals surface area contributed by atoms with E-state index in [2.05, 4.69) is 63.9 Å². The molecule has 0 aliphatic carbocycles. The van der Waals surface area contributed by atoms with Gasteiger partial charge in [0.2, 0.25) is 0 Å². The molecule has 0 saturated heterocycles. The van der Waals surface area contributed by atoms with Gasteiger partial charge in [-0.05, 0) is 24.6 Å². The zero-order valence-corrected chi connectivity index (χ0v) is 15.6. The maximum Gasteiger partial charge on any atom is 0.191 e. The van der Waals surface area contributed by atoms with Crippen LogP contribution in [0.1, 0.15) is 31.2 Å². The molecule has 3 aromatic rings. The molecule has 6 nitrogen and oxygen atoms in total. The number of guanidine groups is 1. The van der Waals surface area contributed by atoms with Crippen LogP contribution in [0, 0.1) is 0 Å². The van der Waals surface area contributed by atoms with Crippen LogP contribution in [0.4, 0.5) is 0 Å². The van der Waals surface area contributed by atoms with Crippen LogP contribution in [0.3, 0.4) is 0 Å². The molecule has 0 saturated carbocycles. The maximum atomic E-state index is 4.34. The molecule has 0 bridgehead atoms. The van der Waals surface area contributed by atoms with E-state index in [0.29, 0.717) is 5.92 Å². The van der Waals surface area contributed by atoms with Gasteiger partial charge in [-0.3, -0.25) is 9.39 Å². The van der Waals surface area contributed by atoms with Crippen LogP contribution < -0.4 is 10.6 Å². The molecule has 2 aromatic heterocycles. The van der Waals surface area contributed by atoms with Gasteiger partial charge >= 0.3 is 0 Å². The molecule has 136 valence electrons.